The van der Waals surface area contributed by atoms with Crippen molar-refractivity contribution in [1.82, 2.24) is 10.2 Å². The molecule has 0 saturated carbocycles. The van der Waals surface area contributed by atoms with Gasteiger partial charge in [-0.25, -0.2) is 0 Å². The van der Waals surface area contributed by atoms with E-state index in [1.807, 2.05) is 0 Å². The fourth-order valence-corrected chi connectivity index (χ4v) is 2.47. The highest BCUT2D eigenvalue weighted by molar-refractivity contribution is 9.10. The summed E-state index contributed by atoms with van der Waals surface area (Å²) in [5.41, 5.74) is -0.868. The number of benzene rings is 1. The molecule has 1 aliphatic rings. The monoisotopic (exact) mass is 358 g/mol. The lowest BCUT2D eigenvalue weighted by molar-refractivity contribution is -0.143. The topological polar surface area (TPSA) is 66.5 Å². The molecule has 7 heteroatoms. The van der Waals surface area contributed by atoms with Crippen LogP contribution < -0.4 is 5.32 Å². The molecule has 1 heterocycles. The number of piperazine rings is 1. The van der Waals surface area contributed by atoms with Crippen LogP contribution in [0.15, 0.2) is 22.7 Å². The summed E-state index contributed by atoms with van der Waals surface area (Å²) in [6.45, 7) is 2.98. The van der Waals surface area contributed by atoms with Crippen molar-refractivity contribution in [3.63, 3.8) is 0 Å². The van der Waals surface area contributed by atoms with Gasteiger partial charge in [0.25, 0.3) is 11.8 Å². The minimum atomic E-state index is -1.11. The number of nitrogens with one attached hydrogen (secondary N) is 1. The number of nitrogens with zero attached hydrogens (tertiary/aromatic N) is 1. The molecule has 20 heavy (non-hydrogen) atoms. The van der Waals surface area contributed by atoms with Crippen LogP contribution in [0.25, 0.3) is 0 Å². The highest BCUT2D eigenvalue weighted by Gasteiger charge is 2.44. The first kappa shape index (κ1) is 15.0. The highest BCUT2D eigenvalue weighted by Crippen LogP contribution is 2.26. The van der Waals surface area contributed by atoms with Crippen LogP contribution in [0.1, 0.15) is 24.2 Å². The van der Waals surface area contributed by atoms with E-state index in [9.17, 15) is 14.4 Å². The van der Waals surface area contributed by atoms with Crippen LogP contribution in [0.4, 0.5) is 0 Å². The Morgan fingerprint density at radius 3 is 2.70 bits per heavy atom. The van der Waals surface area contributed by atoms with Gasteiger partial charge in [-0.15, -0.1) is 0 Å². The Balaban J connectivity index is 2.43. The summed E-state index contributed by atoms with van der Waals surface area (Å²) >= 11 is 9.29. The molecule has 1 aromatic rings. The van der Waals surface area contributed by atoms with Crippen molar-refractivity contribution in [3.05, 3.63) is 33.3 Å². The van der Waals surface area contributed by atoms with E-state index in [0.29, 0.717) is 4.47 Å². The van der Waals surface area contributed by atoms with E-state index in [4.69, 9.17) is 11.6 Å². The lowest BCUT2D eigenvalue weighted by atomic mass is 9.97. The van der Waals surface area contributed by atoms with Gasteiger partial charge in [-0.2, -0.15) is 0 Å². The molecule has 1 fully saturated rings. The van der Waals surface area contributed by atoms with Crippen LogP contribution in [-0.4, -0.2) is 34.7 Å². The van der Waals surface area contributed by atoms with E-state index in [1.165, 1.54) is 4.90 Å². The molecule has 0 radical (unpaired) electrons. The van der Waals surface area contributed by atoms with Crippen molar-refractivity contribution in [2.24, 2.45) is 0 Å². The third kappa shape index (κ3) is 2.58. The Labute approximate surface area is 129 Å². The Kier molecular flexibility index (Phi) is 3.88. The summed E-state index contributed by atoms with van der Waals surface area (Å²) in [7, 11) is 0. The van der Waals surface area contributed by atoms with Crippen LogP contribution in [0.3, 0.4) is 0 Å². The Hall–Kier alpha value is -1.40. The van der Waals surface area contributed by atoms with Crippen LogP contribution in [-0.2, 0) is 9.59 Å². The molecule has 0 unspecified atom stereocenters. The molecule has 1 N–H and O–H groups in total. The molecular weight excluding hydrogens is 348 g/mol. The molecule has 2 rings (SSSR count). The number of hydrogen-bond acceptors (Lipinski definition) is 3. The Bertz CT molecular complexity index is 616. The van der Waals surface area contributed by atoms with Crippen molar-refractivity contribution < 1.29 is 14.4 Å². The number of carbonyl (C=O) groups excluding carboxylic acids is 3. The Morgan fingerprint density at radius 2 is 2.05 bits per heavy atom. The molecule has 3 amide bonds. The minimum Gasteiger partial charge on any atom is -0.315 e. The first-order valence-corrected chi connectivity index (χ1v) is 7.02. The number of imide groups is 1. The molecule has 0 spiro atoms. The van der Waals surface area contributed by atoms with Crippen LogP contribution in [0.2, 0.25) is 5.02 Å². The molecule has 0 atom stereocenters. The van der Waals surface area contributed by atoms with E-state index in [-0.39, 0.29) is 17.1 Å². The van der Waals surface area contributed by atoms with E-state index in [0.717, 1.165) is 0 Å². The average molecular weight is 360 g/mol. The first-order chi connectivity index (χ1) is 9.23. The van der Waals surface area contributed by atoms with Crippen molar-refractivity contribution in [1.29, 1.82) is 0 Å². The fourth-order valence-electron chi connectivity index (χ4n) is 1.92. The van der Waals surface area contributed by atoms with Crippen molar-refractivity contribution in [2.75, 3.05) is 6.54 Å². The lowest BCUT2D eigenvalue weighted by Crippen LogP contribution is -2.65. The molecule has 0 bridgehead atoms. The number of amides is 3. The van der Waals surface area contributed by atoms with E-state index in [1.54, 1.807) is 32.0 Å². The molecule has 0 aromatic heterocycles. The van der Waals surface area contributed by atoms with Crippen LogP contribution >= 0.6 is 27.5 Å². The molecule has 1 aliphatic heterocycles. The van der Waals surface area contributed by atoms with Gasteiger partial charge in [-0.1, -0.05) is 27.5 Å². The zero-order valence-electron chi connectivity index (χ0n) is 10.9. The maximum atomic E-state index is 12.6. The summed E-state index contributed by atoms with van der Waals surface area (Å²) in [4.78, 5) is 37.1. The normalized spacial score (nSPS) is 17.9. The number of hydrogen-bond donors (Lipinski definition) is 1. The standard InChI is InChI=1S/C13H12BrClN2O3/c1-13(2)12(20)16-10(18)6-17(13)11(19)8-5-7(14)3-4-9(8)15/h3-5H,6H2,1-2H3,(H,16,18,20). The quantitative estimate of drug-likeness (QED) is 0.780. The predicted molar refractivity (Wildman–Crippen MR) is 77.4 cm³/mol. The Morgan fingerprint density at radius 1 is 1.40 bits per heavy atom. The third-order valence-corrected chi connectivity index (χ3v) is 4.01. The van der Waals surface area contributed by atoms with Gasteiger partial charge in [0.1, 0.15) is 12.1 Å². The molecule has 0 aliphatic carbocycles. The summed E-state index contributed by atoms with van der Waals surface area (Å²) in [5.74, 6) is -1.47. The van der Waals surface area contributed by atoms with Gasteiger partial charge >= 0.3 is 0 Å². The SMILES string of the molecule is CC1(C)C(=O)NC(=O)CN1C(=O)c1cc(Br)ccc1Cl. The van der Waals surface area contributed by atoms with E-state index in [2.05, 4.69) is 21.2 Å². The second-order valence-corrected chi connectivity index (χ2v) is 6.27. The van der Waals surface area contributed by atoms with Crippen LogP contribution in [0.5, 0.6) is 0 Å². The predicted octanol–water partition coefficient (Wildman–Crippen LogP) is 1.98. The maximum Gasteiger partial charge on any atom is 0.256 e. The molecule has 1 aromatic carbocycles. The maximum absolute atomic E-state index is 12.6. The van der Waals surface area contributed by atoms with Gasteiger partial charge in [-0.3, -0.25) is 19.7 Å². The lowest BCUT2D eigenvalue weighted by Gasteiger charge is -2.40. The summed E-state index contributed by atoms with van der Waals surface area (Å²) < 4.78 is 0.691. The summed E-state index contributed by atoms with van der Waals surface area (Å²) in [6.07, 6.45) is 0. The zero-order chi connectivity index (χ0) is 15.1. The summed E-state index contributed by atoms with van der Waals surface area (Å²) in [6, 6.07) is 4.85. The second kappa shape index (κ2) is 5.18. The van der Waals surface area contributed by atoms with Gasteiger partial charge in [0.15, 0.2) is 0 Å². The van der Waals surface area contributed by atoms with Gasteiger partial charge in [0.2, 0.25) is 5.91 Å². The molecular formula is C13H12BrClN2O3. The van der Waals surface area contributed by atoms with Gasteiger partial charge in [-0.05, 0) is 32.0 Å². The molecule has 106 valence electrons. The third-order valence-electron chi connectivity index (χ3n) is 3.19. The number of halogens is 2. The zero-order valence-corrected chi connectivity index (χ0v) is 13.2. The summed E-state index contributed by atoms with van der Waals surface area (Å²) in [5, 5.41) is 2.49. The smallest absolute Gasteiger partial charge is 0.256 e. The van der Waals surface area contributed by atoms with E-state index >= 15 is 0 Å². The fraction of sp³-hybridized carbons (Fsp3) is 0.308. The van der Waals surface area contributed by atoms with Gasteiger partial charge < -0.3 is 4.90 Å². The average Bonchev–Trinajstić information content (AvgIpc) is 2.36. The number of rotatable bonds is 1. The molecule has 1 saturated heterocycles. The largest absolute Gasteiger partial charge is 0.315 e. The number of carbonyl (C=O) groups is 3. The van der Waals surface area contributed by atoms with Crippen molar-refractivity contribution in [2.45, 2.75) is 19.4 Å². The molecule has 5 nitrogen and oxygen atoms in total. The van der Waals surface area contributed by atoms with Crippen molar-refractivity contribution >= 4 is 45.3 Å². The van der Waals surface area contributed by atoms with Crippen LogP contribution in [0, 0.1) is 0 Å². The second-order valence-electron chi connectivity index (χ2n) is 4.95. The van der Waals surface area contributed by atoms with Crippen molar-refractivity contribution in [3.8, 4) is 0 Å². The van der Waals surface area contributed by atoms with Gasteiger partial charge in [0.05, 0.1) is 10.6 Å². The minimum absolute atomic E-state index is 0.180. The first-order valence-electron chi connectivity index (χ1n) is 5.85. The van der Waals surface area contributed by atoms with E-state index < -0.39 is 23.3 Å². The highest BCUT2D eigenvalue weighted by atomic mass is 79.9. The van der Waals surface area contributed by atoms with Gasteiger partial charge in [0, 0.05) is 4.47 Å².